The van der Waals surface area contributed by atoms with Crippen molar-refractivity contribution in [3.05, 3.63) is 0 Å². The molecule has 0 saturated carbocycles. The zero-order valence-electron chi connectivity index (χ0n) is 13.6. The molecule has 1 aliphatic heterocycles. The minimum Gasteiger partial charge on any atom is -0.383 e. The van der Waals surface area contributed by atoms with Gasteiger partial charge in [0.1, 0.15) is 0 Å². The molecule has 1 heterocycles. The van der Waals surface area contributed by atoms with E-state index < -0.39 is 0 Å². The molecule has 0 spiro atoms. The van der Waals surface area contributed by atoms with Gasteiger partial charge in [-0.1, -0.05) is 6.92 Å². The largest absolute Gasteiger partial charge is 0.383 e. The van der Waals surface area contributed by atoms with Crippen molar-refractivity contribution in [1.29, 1.82) is 0 Å². The van der Waals surface area contributed by atoms with E-state index in [4.69, 9.17) is 14.2 Å². The van der Waals surface area contributed by atoms with Gasteiger partial charge in [-0.25, -0.2) is 0 Å². The molecule has 0 aromatic heterocycles. The second-order valence-electron chi connectivity index (χ2n) is 5.58. The Morgan fingerprint density at radius 1 is 1.35 bits per heavy atom. The highest BCUT2D eigenvalue weighted by molar-refractivity contribution is 4.83. The summed E-state index contributed by atoms with van der Waals surface area (Å²) in [5.41, 5.74) is 0. The van der Waals surface area contributed by atoms with Gasteiger partial charge in [0.15, 0.2) is 0 Å². The van der Waals surface area contributed by atoms with Crippen molar-refractivity contribution in [3.8, 4) is 0 Å². The maximum absolute atomic E-state index is 5.55. The number of nitrogens with zero attached hydrogens (tertiary/aromatic N) is 1. The maximum Gasteiger partial charge on any atom is 0.0615 e. The molecule has 0 radical (unpaired) electrons. The summed E-state index contributed by atoms with van der Waals surface area (Å²) in [4.78, 5) is 2.46. The molecule has 1 fully saturated rings. The van der Waals surface area contributed by atoms with Gasteiger partial charge < -0.3 is 19.5 Å². The SMILES string of the molecule is CCNC(CN(CCOC)C(C)COC)C1CCOC1. The lowest BCUT2D eigenvalue weighted by Gasteiger charge is -2.34. The first kappa shape index (κ1) is 17.9. The van der Waals surface area contributed by atoms with Gasteiger partial charge in [0, 0.05) is 51.9 Å². The topological polar surface area (TPSA) is 43.0 Å². The van der Waals surface area contributed by atoms with Crippen LogP contribution in [0.4, 0.5) is 0 Å². The van der Waals surface area contributed by atoms with Crippen molar-refractivity contribution in [1.82, 2.24) is 10.2 Å². The fourth-order valence-corrected chi connectivity index (χ4v) is 2.81. The van der Waals surface area contributed by atoms with E-state index in [9.17, 15) is 0 Å². The van der Waals surface area contributed by atoms with Gasteiger partial charge in [-0.3, -0.25) is 4.90 Å². The minimum atomic E-state index is 0.402. The van der Waals surface area contributed by atoms with Gasteiger partial charge in [-0.15, -0.1) is 0 Å². The third kappa shape index (κ3) is 6.06. The summed E-state index contributed by atoms with van der Waals surface area (Å²) >= 11 is 0. The highest BCUT2D eigenvalue weighted by atomic mass is 16.5. The molecule has 0 aromatic rings. The fourth-order valence-electron chi connectivity index (χ4n) is 2.81. The number of methoxy groups -OCH3 is 2. The Morgan fingerprint density at radius 3 is 2.70 bits per heavy atom. The Bertz CT molecular complexity index is 235. The van der Waals surface area contributed by atoms with Crippen LogP contribution in [-0.2, 0) is 14.2 Å². The van der Waals surface area contributed by atoms with Gasteiger partial charge in [0.05, 0.1) is 19.8 Å². The van der Waals surface area contributed by atoms with E-state index in [0.29, 0.717) is 18.0 Å². The minimum absolute atomic E-state index is 0.402. The number of hydrogen-bond acceptors (Lipinski definition) is 5. The molecule has 5 heteroatoms. The van der Waals surface area contributed by atoms with E-state index in [1.165, 1.54) is 0 Å². The number of rotatable bonds is 11. The van der Waals surface area contributed by atoms with Crippen LogP contribution in [0.1, 0.15) is 20.3 Å². The van der Waals surface area contributed by atoms with E-state index in [2.05, 4.69) is 24.1 Å². The Kier molecular flexibility index (Phi) is 9.39. The molecular formula is C15H32N2O3. The molecule has 0 aromatic carbocycles. The van der Waals surface area contributed by atoms with Crippen LogP contribution in [0.2, 0.25) is 0 Å². The summed E-state index contributed by atoms with van der Waals surface area (Å²) in [5, 5.41) is 3.63. The summed E-state index contributed by atoms with van der Waals surface area (Å²) in [5.74, 6) is 0.620. The molecule has 5 nitrogen and oxygen atoms in total. The quantitative estimate of drug-likeness (QED) is 0.614. The van der Waals surface area contributed by atoms with Crippen molar-refractivity contribution in [2.45, 2.75) is 32.4 Å². The van der Waals surface area contributed by atoms with Crippen molar-refractivity contribution < 1.29 is 14.2 Å². The highest BCUT2D eigenvalue weighted by Crippen LogP contribution is 2.18. The third-order valence-electron chi connectivity index (χ3n) is 4.05. The molecule has 3 atom stereocenters. The average molecular weight is 288 g/mol. The fraction of sp³-hybridized carbons (Fsp3) is 1.00. The van der Waals surface area contributed by atoms with Gasteiger partial charge in [-0.05, 0) is 19.9 Å². The zero-order valence-corrected chi connectivity index (χ0v) is 13.6. The first-order valence-electron chi connectivity index (χ1n) is 7.75. The van der Waals surface area contributed by atoms with Crippen LogP contribution in [0.5, 0.6) is 0 Å². The predicted octanol–water partition coefficient (Wildman–Crippen LogP) is 0.984. The molecule has 1 N–H and O–H groups in total. The number of ether oxygens (including phenoxy) is 3. The van der Waals surface area contributed by atoms with Crippen LogP contribution in [0.15, 0.2) is 0 Å². The van der Waals surface area contributed by atoms with Crippen molar-refractivity contribution in [2.75, 3.05) is 60.3 Å². The standard InChI is InChI=1S/C15H32N2O3/c1-5-16-15(14-6-8-20-12-14)10-17(7-9-18-3)13(2)11-19-4/h13-16H,5-12H2,1-4H3. The Morgan fingerprint density at radius 2 is 2.15 bits per heavy atom. The summed E-state index contributed by atoms with van der Waals surface area (Å²) < 4.78 is 16.1. The lowest BCUT2D eigenvalue weighted by Crippen LogP contribution is -2.50. The zero-order chi connectivity index (χ0) is 14.8. The van der Waals surface area contributed by atoms with Crippen LogP contribution in [0, 0.1) is 5.92 Å². The van der Waals surface area contributed by atoms with Crippen LogP contribution in [0.3, 0.4) is 0 Å². The third-order valence-corrected chi connectivity index (χ3v) is 4.05. The van der Waals surface area contributed by atoms with Gasteiger partial charge in [0.2, 0.25) is 0 Å². The first-order chi connectivity index (χ1) is 9.72. The van der Waals surface area contributed by atoms with E-state index in [1.54, 1.807) is 14.2 Å². The van der Waals surface area contributed by atoms with E-state index >= 15 is 0 Å². The monoisotopic (exact) mass is 288 g/mol. The Labute approximate surface area is 123 Å². The molecular weight excluding hydrogens is 256 g/mol. The molecule has 1 saturated heterocycles. The van der Waals surface area contributed by atoms with Gasteiger partial charge >= 0.3 is 0 Å². The molecule has 0 amide bonds. The normalized spacial score (nSPS) is 22.4. The van der Waals surface area contributed by atoms with Gasteiger partial charge in [0.25, 0.3) is 0 Å². The summed E-state index contributed by atoms with van der Waals surface area (Å²) in [6.45, 7) is 10.6. The molecule has 3 unspecified atom stereocenters. The average Bonchev–Trinajstić information content (AvgIpc) is 2.96. The lowest BCUT2D eigenvalue weighted by molar-refractivity contribution is 0.0621. The van der Waals surface area contributed by atoms with Crippen LogP contribution in [0.25, 0.3) is 0 Å². The second kappa shape index (κ2) is 10.5. The number of likely N-dealkylation sites (N-methyl/N-ethyl adjacent to an activating group) is 1. The van der Waals surface area contributed by atoms with Crippen molar-refractivity contribution >= 4 is 0 Å². The summed E-state index contributed by atoms with van der Waals surface area (Å²) in [6, 6.07) is 0.886. The molecule has 120 valence electrons. The van der Waals surface area contributed by atoms with Crippen molar-refractivity contribution in [2.24, 2.45) is 5.92 Å². The molecule has 1 rings (SSSR count). The Hall–Kier alpha value is -0.200. The molecule has 20 heavy (non-hydrogen) atoms. The van der Waals surface area contributed by atoms with Gasteiger partial charge in [-0.2, -0.15) is 0 Å². The van der Waals surface area contributed by atoms with Crippen LogP contribution in [-0.4, -0.2) is 77.3 Å². The first-order valence-corrected chi connectivity index (χ1v) is 7.75. The summed E-state index contributed by atoms with van der Waals surface area (Å²) in [7, 11) is 3.52. The van der Waals surface area contributed by atoms with Crippen LogP contribution >= 0.6 is 0 Å². The van der Waals surface area contributed by atoms with E-state index in [0.717, 1.165) is 52.5 Å². The highest BCUT2D eigenvalue weighted by Gasteiger charge is 2.28. The predicted molar refractivity (Wildman–Crippen MR) is 81.2 cm³/mol. The molecule has 1 aliphatic rings. The second-order valence-corrected chi connectivity index (χ2v) is 5.58. The number of nitrogens with one attached hydrogen (secondary N) is 1. The summed E-state index contributed by atoms with van der Waals surface area (Å²) in [6.07, 6.45) is 1.16. The Balaban J connectivity index is 2.56. The lowest BCUT2D eigenvalue weighted by atomic mass is 9.98. The smallest absolute Gasteiger partial charge is 0.0615 e. The van der Waals surface area contributed by atoms with E-state index in [-0.39, 0.29) is 0 Å². The number of hydrogen-bond donors (Lipinski definition) is 1. The van der Waals surface area contributed by atoms with Crippen molar-refractivity contribution in [3.63, 3.8) is 0 Å². The molecule has 0 bridgehead atoms. The molecule has 0 aliphatic carbocycles. The van der Waals surface area contributed by atoms with Crippen LogP contribution < -0.4 is 5.32 Å². The maximum atomic E-state index is 5.55. The van der Waals surface area contributed by atoms with E-state index in [1.807, 2.05) is 0 Å².